The van der Waals surface area contributed by atoms with Crippen LogP contribution in [0.1, 0.15) is 42.0 Å². The first-order valence-corrected chi connectivity index (χ1v) is 8.86. The normalized spacial score (nSPS) is 16.7. The van der Waals surface area contributed by atoms with Crippen molar-refractivity contribution in [3.8, 4) is 11.5 Å². The molecule has 1 aliphatic heterocycles. The molecule has 0 spiro atoms. The van der Waals surface area contributed by atoms with Gasteiger partial charge in [-0.2, -0.15) is 0 Å². The van der Waals surface area contributed by atoms with Gasteiger partial charge in [-0.1, -0.05) is 18.2 Å². The molecule has 0 saturated heterocycles. The van der Waals surface area contributed by atoms with Crippen LogP contribution in [0.25, 0.3) is 0 Å². The molecule has 0 radical (unpaired) electrons. The monoisotopic (exact) mass is 368 g/mol. The van der Waals surface area contributed by atoms with Gasteiger partial charge in [-0.3, -0.25) is 9.59 Å². The molecule has 2 atom stereocenters. The fourth-order valence-electron chi connectivity index (χ4n) is 3.50. The number of nitrogens with one attached hydrogen (secondary N) is 2. The van der Waals surface area contributed by atoms with E-state index in [-0.39, 0.29) is 24.3 Å². The molecule has 142 valence electrons. The van der Waals surface area contributed by atoms with Crippen LogP contribution in [0.3, 0.4) is 0 Å². The van der Waals surface area contributed by atoms with Crippen molar-refractivity contribution in [1.82, 2.24) is 5.32 Å². The maximum absolute atomic E-state index is 12.9. The molecule has 2 aromatic rings. The lowest BCUT2D eigenvalue weighted by molar-refractivity contribution is -0.126. The predicted molar refractivity (Wildman–Crippen MR) is 103 cm³/mol. The molecule has 0 unspecified atom stereocenters. The van der Waals surface area contributed by atoms with Crippen molar-refractivity contribution in [1.29, 1.82) is 0 Å². The summed E-state index contributed by atoms with van der Waals surface area (Å²) in [6.45, 7) is 3.88. The highest BCUT2D eigenvalue weighted by Gasteiger charge is 2.31. The smallest absolute Gasteiger partial charge is 0.228 e. The highest BCUT2D eigenvalue weighted by molar-refractivity contribution is 6.01. The Morgan fingerprint density at radius 1 is 1.19 bits per heavy atom. The van der Waals surface area contributed by atoms with Gasteiger partial charge in [-0.25, -0.2) is 0 Å². The van der Waals surface area contributed by atoms with Crippen LogP contribution in [-0.2, 0) is 9.59 Å². The Kier molecular flexibility index (Phi) is 5.35. The maximum Gasteiger partial charge on any atom is 0.228 e. The third-order valence-electron chi connectivity index (χ3n) is 4.91. The molecule has 0 aliphatic carbocycles. The number of hydrogen-bond donors (Lipinski definition) is 2. The van der Waals surface area contributed by atoms with Crippen LogP contribution < -0.4 is 20.1 Å². The Morgan fingerprint density at radius 2 is 1.85 bits per heavy atom. The summed E-state index contributed by atoms with van der Waals surface area (Å²) in [5, 5.41) is 5.86. The fourth-order valence-corrected chi connectivity index (χ4v) is 3.50. The predicted octanol–water partition coefficient (Wildman–Crippen LogP) is 3.32. The molecule has 2 N–H and O–H groups in total. The standard InChI is InChI=1S/C21H24N2O4/c1-12-9-18(26-3)19(27-4)10-15(12)13(2)22-21(25)16-11-20(24)23-17-8-6-5-7-14(16)17/h5-10,13,16H,11H2,1-4H3,(H,22,25)(H,23,24)/t13-,16+/m0/s1. The molecular formula is C21H24N2O4. The molecular weight excluding hydrogens is 344 g/mol. The Hall–Kier alpha value is -3.02. The Bertz CT molecular complexity index is 878. The van der Waals surface area contributed by atoms with Crippen LogP contribution in [-0.4, -0.2) is 26.0 Å². The molecule has 0 bridgehead atoms. The minimum Gasteiger partial charge on any atom is -0.493 e. The first kappa shape index (κ1) is 18.8. The number of rotatable bonds is 5. The van der Waals surface area contributed by atoms with Crippen molar-refractivity contribution in [3.05, 3.63) is 53.1 Å². The molecule has 27 heavy (non-hydrogen) atoms. The minimum absolute atomic E-state index is 0.139. The zero-order valence-corrected chi connectivity index (χ0v) is 16.0. The van der Waals surface area contributed by atoms with Crippen LogP contribution >= 0.6 is 0 Å². The van der Waals surface area contributed by atoms with E-state index in [1.165, 1.54) is 0 Å². The van der Waals surface area contributed by atoms with Crippen molar-refractivity contribution in [2.75, 3.05) is 19.5 Å². The summed E-state index contributed by atoms with van der Waals surface area (Å²) in [4.78, 5) is 24.9. The number of hydrogen-bond acceptors (Lipinski definition) is 4. The van der Waals surface area contributed by atoms with E-state index in [2.05, 4.69) is 10.6 Å². The molecule has 0 aromatic heterocycles. The third-order valence-corrected chi connectivity index (χ3v) is 4.91. The lowest BCUT2D eigenvalue weighted by Crippen LogP contribution is -2.36. The first-order chi connectivity index (χ1) is 12.9. The second-order valence-corrected chi connectivity index (χ2v) is 6.69. The largest absolute Gasteiger partial charge is 0.493 e. The summed E-state index contributed by atoms with van der Waals surface area (Å²) in [6.07, 6.45) is 0.139. The van der Waals surface area contributed by atoms with Gasteiger partial charge in [-0.05, 0) is 48.7 Å². The average Bonchev–Trinajstić information content (AvgIpc) is 2.66. The molecule has 0 saturated carbocycles. The van der Waals surface area contributed by atoms with E-state index in [0.29, 0.717) is 17.2 Å². The Balaban J connectivity index is 1.84. The SMILES string of the molecule is COc1cc(C)c([C@H](C)NC(=O)[C@@H]2CC(=O)Nc3ccccc32)cc1OC. The summed E-state index contributed by atoms with van der Waals surface area (Å²) in [7, 11) is 3.17. The third kappa shape index (κ3) is 3.74. The number of amides is 2. The van der Waals surface area contributed by atoms with Crippen molar-refractivity contribution in [3.63, 3.8) is 0 Å². The summed E-state index contributed by atoms with van der Waals surface area (Å²) < 4.78 is 10.7. The van der Waals surface area contributed by atoms with Crippen molar-refractivity contribution >= 4 is 17.5 Å². The lowest BCUT2D eigenvalue weighted by atomic mass is 9.89. The summed E-state index contributed by atoms with van der Waals surface area (Å²) >= 11 is 0. The Labute approximate surface area is 158 Å². The number of methoxy groups -OCH3 is 2. The number of aryl methyl sites for hydroxylation is 1. The summed E-state index contributed by atoms with van der Waals surface area (Å²) in [6, 6.07) is 10.9. The zero-order valence-electron chi connectivity index (χ0n) is 16.0. The van der Waals surface area contributed by atoms with Crippen LogP contribution in [0.5, 0.6) is 11.5 Å². The van der Waals surface area contributed by atoms with E-state index in [1.54, 1.807) is 14.2 Å². The van der Waals surface area contributed by atoms with Gasteiger partial charge in [0.05, 0.1) is 26.2 Å². The van der Waals surface area contributed by atoms with Gasteiger partial charge in [0.25, 0.3) is 0 Å². The van der Waals surface area contributed by atoms with Gasteiger partial charge in [0, 0.05) is 12.1 Å². The number of benzene rings is 2. The number of para-hydroxylation sites is 1. The summed E-state index contributed by atoms with van der Waals surface area (Å²) in [5.41, 5.74) is 3.46. The van der Waals surface area contributed by atoms with Crippen LogP contribution in [0.2, 0.25) is 0 Å². The quantitative estimate of drug-likeness (QED) is 0.849. The minimum atomic E-state index is -0.502. The molecule has 3 rings (SSSR count). The number of carbonyl (C=O) groups is 2. The van der Waals surface area contributed by atoms with Crippen molar-refractivity contribution in [2.24, 2.45) is 0 Å². The molecule has 1 aliphatic rings. The first-order valence-electron chi connectivity index (χ1n) is 8.86. The number of carbonyl (C=O) groups excluding carboxylic acids is 2. The van der Waals surface area contributed by atoms with Crippen molar-refractivity contribution in [2.45, 2.75) is 32.2 Å². The highest BCUT2D eigenvalue weighted by atomic mass is 16.5. The molecule has 6 heteroatoms. The van der Waals surface area contributed by atoms with E-state index in [9.17, 15) is 9.59 Å². The molecule has 6 nitrogen and oxygen atoms in total. The average molecular weight is 368 g/mol. The zero-order chi connectivity index (χ0) is 19.6. The Morgan fingerprint density at radius 3 is 2.56 bits per heavy atom. The van der Waals surface area contributed by atoms with E-state index in [4.69, 9.17) is 9.47 Å². The maximum atomic E-state index is 12.9. The number of fused-ring (bicyclic) bond motifs is 1. The van der Waals surface area contributed by atoms with Crippen LogP contribution in [0, 0.1) is 6.92 Å². The van der Waals surface area contributed by atoms with Gasteiger partial charge in [0.15, 0.2) is 11.5 Å². The van der Waals surface area contributed by atoms with Crippen molar-refractivity contribution < 1.29 is 19.1 Å². The van der Waals surface area contributed by atoms with E-state index in [0.717, 1.165) is 16.7 Å². The van der Waals surface area contributed by atoms with Gasteiger partial charge < -0.3 is 20.1 Å². The van der Waals surface area contributed by atoms with Gasteiger partial charge >= 0.3 is 0 Å². The molecule has 2 amide bonds. The fraction of sp³-hybridized carbons (Fsp3) is 0.333. The molecule has 2 aromatic carbocycles. The van der Waals surface area contributed by atoms with E-state index >= 15 is 0 Å². The molecule has 1 heterocycles. The number of anilines is 1. The van der Waals surface area contributed by atoms with Crippen LogP contribution in [0.4, 0.5) is 5.69 Å². The van der Waals surface area contributed by atoms with Gasteiger partial charge in [0.1, 0.15) is 0 Å². The summed E-state index contributed by atoms with van der Waals surface area (Å²) in [5.74, 6) is 0.442. The highest BCUT2D eigenvalue weighted by Crippen LogP contribution is 2.35. The second-order valence-electron chi connectivity index (χ2n) is 6.69. The molecule has 0 fully saturated rings. The van der Waals surface area contributed by atoms with Gasteiger partial charge in [-0.15, -0.1) is 0 Å². The second kappa shape index (κ2) is 7.70. The lowest BCUT2D eigenvalue weighted by Gasteiger charge is -2.27. The van der Waals surface area contributed by atoms with Crippen LogP contribution in [0.15, 0.2) is 36.4 Å². The van der Waals surface area contributed by atoms with E-state index in [1.807, 2.05) is 50.2 Å². The topological polar surface area (TPSA) is 76.7 Å². The number of ether oxygens (including phenoxy) is 2. The van der Waals surface area contributed by atoms with Gasteiger partial charge in [0.2, 0.25) is 11.8 Å². The van der Waals surface area contributed by atoms with E-state index < -0.39 is 5.92 Å².